The summed E-state index contributed by atoms with van der Waals surface area (Å²) in [6.45, 7) is 3.38. The monoisotopic (exact) mass is 296 g/mol. The van der Waals surface area contributed by atoms with Gasteiger partial charge < -0.3 is 5.32 Å². The summed E-state index contributed by atoms with van der Waals surface area (Å²) in [6.07, 6.45) is 2.18. The van der Waals surface area contributed by atoms with E-state index in [0.717, 1.165) is 24.3 Å². The average molecular weight is 297 g/mol. The molecule has 4 nitrogen and oxygen atoms in total. The molecule has 17 heavy (non-hydrogen) atoms. The van der Waals surface area contributed by atoms with Gasteiger partial charge in [-0.15, -0.1) is 23.7 Å². The first-order chi connectivity index (χ1) is 7.58. The number of sulfonamides is 1. The lowest BCUT2D eigenvalue weighted by Crippen LogP contribution is -2.36. The van der Waals surface area contributed by atoms with E-state index in [2.05, 4.69) is 10.0 Å². The minimum Gasteiger partial charge on any atom is -0.313 e. The van der Waals surface area contributed by atoms with Crippen LogP contribution in [0.5, 0.6) is 0 Å². The van der Waals surface area contributed by atoms with Gasteiger partial charge in [-0.1, -0.05) is 0 Å². The predicted octanol–water partition coefficient (Wildman–Crippen LogP) is 1.51. The highest BCUT2D eigenvalue weighted by Gasteiger charge is 2.20. The lowest BCUT2D eigenvalue weighted by Gasteiger charge is -2.10. The van der Waals surface area contributed by atoms with Crippen LogP contribution in [-0.4, -0.2) is 27.5 Å². The Labute approximate surface area is 112 Å². The predicted molar refractivity (Wildman–Crippen MR) is 72.5 cm³/mol. The van der Waals surface area contributed by atoms with Gasteiger partial charge in [-0.2, -0.15) is 0 Å². The first kappa shape index (κ1) is 14.9. The van der Waals surface area contributed by atoms with Crippen molar-refractivity contribution in [2.45, 2.75) is 30.0 Å². The molecule has 0 aliphatic carbocycles. The number of nitrogens with one attached hydrogen (secondary N) is 2. The van der Waals surface area contributed by atoms with Crippen LogP contribution in [0.3, 0.4) is 0 Å². The third-order valence-electron chi connectivity index (χ3n) is 2.66. The van der Waals surface area contributed by atoms with Crippen LogP contribution in [0.4, 0.5) is 0 Å². The highest BCUT2D eigenvalue weighted by molar-refractivity contribution is 7.91. The van der Waals surface area contributed by atoms with Crippen molar-refractivity contribution < 1.29 is 8.42 Å². The minimum absolute atomic E-state index is 0. The van der Waals surface area contributed by atoms with Crippen LogP contribution in [0.2, 0.25) is 0 Å². The number of hydrogen-bond donors (Lipinski definition) is 2. The SMILES string of the molecule is Cc1ccc(S(=O)(=O)NCC2CCCN2)s1.Cl. The number of hydrogen-bond acceptors (Lipinski definition) is 4. The van der Waals surface area contributed by atoms with Crippen molar-refractivity contribution in [1.29, 1.82) is 0 Å². The first-order valence-electron chi connectivity index (χ1n) is 5.37. The molecule has 1 aromatic heterocycles. The topological polar surface area (TPSA) is 58.2 Å². The number of halogens is 1. The Balaban J connectivity index is 0.00000144. The fraction of sp³-hybridized carbons (Fsp3) is 0.600. The molecule has 1 unspecified atom stereocenters. The van der Waals surface area contributed by atoms with Gasteiger partial charge in [0.1, 0.15) is 4.21 Å². The molecule has 7 heteroatoms. The van der Waals surface area contributed by atoms with E-state index in [9.17, 15) is 8.42 Å². The molecule has 1 aliphatic heterocycles. The van der Waals surface area contributed by atoms with Crippen molar-refractivity contribution in [3.05, 3.63) is 17.0 Å². The highest BCUT2D eigenvalue weighted by Crippen LogP contribution is 2.20. The van der Waals surface area contributed by atoms with Crippen molar-refractivity contribution >= 4 is 33.8 Å². The Morgan fingerprint density at radius 2 is 2.29 bits per heavy atom. The summed E-state index contributed by atoms with van der Waals surface area (Å²) in [4.78, 5) is 1.01. The van der Waals surface area contributed by atoms with Gasteiger partial charge in [-0.05, 0) is 38.4 Å². The van der Waals surface area contributed by atoms with Crippen LogP contribution in [0.1, 0.15) is 17.7 Å². The molecule has 2 rings (SSSR count). The van der Waals surface area contributed by atoms with Gasteiger partial charge in [0.05, 0.1) is 0 Å². The lowest BCUT2D eigenvalue weighted by atomic mass is 10.2. The first-order valence-corrected chi connectivity index (χ1v) is 7.67. The largest absolute Gasteiger partial charge is 0.313 e. The second kappa shape index (κ2) is 6.15. The van der Waals surface area contributed by atoms with Gasteiger partial charge in [0.25, 0.3) is 0 Å². The van der Waals surface area contributed by atoms with Gasteiger partial charge in [-0.3, -0.25) is 0 Å². The van der Waals surface area contributed by atoms with E-state index in [1.165, 1.54) is 11.3 Å². The maximum atomic E-state index is 11.9. The smallest absolute Gasteiger partial charge is 0.250 e. The zero-order valence-corrected chi connectivity index (χ0v) is 12.1. The third-order valence-corrected chi connectivity index (χ3v) is 5.58. The summed E-state index contributed by atoms with van der Waals surface area (Å²) in [6, 6.07) is 3.77. The maximum absolute atomic E-state index is 11.9. The number of rotatable bonds is 4. The van der Waals surface area contributed by atoms with Crippen molar-refractivity contribution in [3.8, 4) is 0 Å². The fourth-order valence-electron chi connectivity index (χ4n) is 1.77. The normalized spacial score (nSPS) is 20.2. The van der Waals surface area contributed by atoms with E-state index >= 15 is 0 Å². The second-order valence-electron chi connectivity index (χ2n) is 4.01. The van der Waals surface area contributed by atoms with Crippen molar-refractivity contribution in [3.63, 3.8) is 0 Å². The third kappa shape index (κ3) is 3.93. The van der Waals surface area contributed by atoms with Crippen molar-refractivity contribution in [1.82, 2.24) is 10.0 Å². The molecule has 1 fully saturated rings. The molecule has 1 aliphatic rings. The molecule has 2 heterocycles. The molecule has 0 amide bonds. The molecule has 0 spiro atoms. The summed E-state index contributed by atoms with van der Waals surface area (Å²) < 4.78 is 26.8. The minimum atomic E-state index is -3.30. The summed E-state index contributed by atoms with van der Waals surface area (Å²) in [5.74, 6) is 0. The Hall–Kier alpha value is -0.140. The summed E-state index contributed by atoms with van der Waals surface area (Å²) in [5, 5.41) is 3.26. The van der Waals surface area contributed by atoms with E-state index in [0.29, 0.717) is 10.8 Å². The van der Waals surface area contributed by atoms with E-state index in [1.807, 2.05) is 13.0 Å². The van der Waals surface area contributed by atoms with Gasteiger partial charge in [0, 0.05) is 17.5 Å². The Bertz CT molecular complexity index is 453. The molecule has 98 valence electrons. The van der Waals surface area contributed by atoms with Gasteiger partial charge in [-0.25, -0.2) is 13.1 Å². The molecular formula is C10H17ClN2O2S2. The number of aryl methyl sites for hydroxylation is 1. The summed E-state index contributed by atoms with van der Waals surface area (Å²) in [5.41, 5.74) is 0. The second-order valence-corrected chi connectivity index (χ2v) is 7.29. The van der Waals surface area contributed by atoms with Crippen molar-refractivity contribution in [2.75, 3.05) is 13.1 Å². The van der Waals surface area contributed by atoms with Gasteiger partial charge in [0.2, 0.25) is 10.0 Å². The molecule has 0 bridgehead atoms. The van der Waals surface area contributed by atoms with Crippen LogP contribution in [0.25, 0.3) is 0 Å². The fourth-order valence-corrected chi connectivity index (χ4v) is 4.18. The maximum Gasteiger partial charge on any atom is 0.250 e. The van der Waals surface area contributed by atoms with E-state index in [4.69, 9.17) is 0 Å². The molecule has 1 aromatic rings. The molecular weight excluding hydrogens is 280 g/mol. The molecule has 0 aromatic carbocycles. The van der Waals surface area contributed by atoms with Crippen LogP contribution in [-0.2, 0) is 10.0 Å². The molecule has 2 N–H and O–H groups in total. The average Bonchev–Trinajstić information content (AvgIpc) is 2.85. The standard InChI is InChI=1S/C10H16N2O2S2.ClH/c1-8-4-5-10(15-8)16(13,14)12-7-9-3-2-6-11-9;/h4-5,9,11-12H,2-3,6-7H2,1H3;1H. The van der Waals surface area contributed by atoms with Crippen molar-refractivity contribution in [2.24, 2.45) is 0 Å². The van der Waals surface area contributed by atoms with E-state index < -0.39 is 10.0 Å². The van der Waals surface area contributed by atoms with Crippen LogP contribution < -0.4 is 10.0 Å². The van der Waals surface area contributed by atoms with E-state index in [1.54, 1.807) is 6.07 Å². The molecule has 1 atom stereocenters. The van der Waals surface area contributed by atoms with Crippen LogP contribution >= 0.6 is 23.7 Å². The Morgan fingerprint density at radius 3 is 2.82 bits per heavy atom. The Kier molecular flexibility index (Phi) is 5.40. The van der Waals surface area contributed by atoms with Crippen LogP contribution in [0, 0.1) is 6.92 Å². The number of thiophene rings is 1. The molecule has 1 saturated heterocycles. The quantitative estimate of drug-likeness (QED) is 0.885. The highest BCUT2D eigenvalue weighted by atomic mass is 35.5. The van der Waals surface area contributed by atoms with Gasteiger partial charge >= 0.3 is 0 Å². The Morgan fingerprint density at radius 1 is 1.53 bits per heavy atom. The summed E-state index contributed by atoms with van der Waals surface area (Å²) >= 11 is 1.31. The summed E-state index contributed by atoms with van der Waals surface area (Å²) in [7, 11) is -3.30. The zero-order valence-electron chi connectivity index (χ0n) is 9.60. The van der Waals surface area contributed by atoms with Crippen LogP contribution in [0.15, 0.2) is 16.3 Å². The van der Waals surface area contributed by atoms with Gasteiger partial charge in [0.15, 0.2) is 0 Å². The molecule has 0 saturated carbocycles. The van der Waals surface area contributed by atoms with E-state index in [-0.39, 0.29) is 18.4 Å². The lowest BCUT2D eigenvalue weighted by molar-refractivity contribution is 0.553. The molecule has 0 radical (unpaired) electrons. The zero-order chi connectivity index (χ0) is 11.6.